The van der Waals surface area contributed by atoms with Gasteiger partial charge in [0.15, 0.2) is 5.82 Å². The lowest BCUT2D eigenvalue weighted by Gasteiger charge is -2.22. The van der Waals surface area contributed by atoms with Crippen LogP contribution in [-0.2, 0) is 30.6 Å². The number of benzene rings is 3. The molecule has 2 amide bonds. The van der Waals surface area contributed by atoms with E-state index in [0.717, 1.165) is 60.9 Å². The number of carbonyl (C=O) groups is 2. The van der Waals surface area contributed by atoms with Gasteiger partial charge in [0.25, 0.3) is 5.91 Å². The summed E-state index contributed by atoms with van der Waals surface area (Å²) in [6, 6.07) is 23.5. The van der Waals surface area contributed by atoms with Crippen LogP contribution in [0.2, 0.25) is 5.02 Å². The van der Waals surface area contributed by atoms with Crippen molar-refractivity contribution in [2.75, 3.05) is 11.9 Å². The third-order valence-corrected chi connectivity index (χ3v) is 12.4. The second-order valence-corrected chi connectivity index (χ2v) is 16.4. The molecule has 282 valence electrons. The second-order valence-electron chi connectivity index (χ2n) is 14.0. The van der Waals surface area contributed by atoms with Crippen molar-refractivity contribution in [3.8, 4) is 5.00 Å². The fourth-order valence-electron chi connectivity index (χ4n) is 6.99. The normalized spacial score (nSPS) is 13.7. The van der Waals surface area contributed by atoms with Crippen LogP contribution in [0.15, 0.2) is 95.8 Å². The molecule has 1 aliphatic heterocycles. The molecule has 8 rings (SSSR count). The fourth-order valence-corrected chi connectivity index (χ4v) is 9.23. The smallest absolute Gasteiger partial charge is 0.251 e. The largest absolute Gasteiger partial charge is 0.349 e. The minimum absolute atomic E-state index is 0.0443. The zero-order valence-corrected chi connectivity index (χ0v) is 33.3. The van der Waals surface area contributed by atoms with Gasteiger partial charge in [-0.2, -0.15) is 0 Å². The molecule has 0 spiro atoms. The van der Waals surface area contributed by atoms with E-state index in [2.05, 4.69) is 43.4 Å². The first kappa shape index (κ1) is 37.4. The molecule has 0 radical (unpaired) electrons. The van der Waals surface area contributed by atoms with Gasteiger partial charge in [-0.05, 0) is 85.7 Å². The van der Waals surface area contributed by atoms with E-state index in [4.69, 9.17) is 21.6 Å². The number of nitrogens with zero attached hydrogens (tertiary/aromatic N) is 5. The van der Waals surface area contributed by atoms with Crippen LogP contribution in [0.3, 0.4) is 0 Å². The van der Waals surface area contributed by atoms with E-state index in [1.807, 2.05) is 85.8 Å². The lowest BCUT2D eigenvalue weighted by molar-refractivity contribution is -0.115. The Balaban J connectivity index is 0.980. The minimum atomic E-state index is -0.247. The number of carbonyl (C=O) groups excluding carboxylic acids is 2. The molecule has 1 fully saturated rings. The van der Waals surface area contributed by atoms with Crippen LogP contribution in [0.5, 0.6) is 0 Å². The van der Waals surface area contributed by atoms with E-state index in [0.29, 0.717) is 47.3 Å². The lowest BCUT2D eigenvalue weighted by atomic mass is 9.83. The average molecular weight is 798 g/mol. The van der Waals surface area contributed by atoms with E-state index in [1.54, 1.807) is 28.7 Å². The fraction of sp³-hybridized carbons (Fsp3) is 0.227. The van der Waals surface area contributed by atoms with Gasteiger partial charge >= 0.3 is 0 Å². The highest BCUT2D eigenvalue weighted by Gasteiger charge is 2.26. The van der Waals surface area contributed by atoms with E-state index < -0.39 is 0 Å². The van der Waals surface area contributed by atoms with Crippen molar-refractivity contribution in [3.63, 3.8) is 0 Å². The van der Waals surface area contributed by atoms with Crippen LogP contribution in [0, 0.1) is 6.92 Å². The monoisotopic (exact) mass is 797 g/mol. The van der Waals surface area contributed by atoms with Crippen molar-refractivity contribution in [2.24, 2.45) is 4.99 Å². The first-order chi connectivity index (χ1) is 27.3. The third kappa shape index (κ3) is 8.21. The number of aromatic nitrogens is 4. The molecule has 4 heterocycles. The molecule has 2 N–H and O–H groups in total. The van der Waals surface area contributed by atoms with Crippen molar-refractivity contribution >= 4 is 69.6 Å². The van der Waals surface area contributed by atoms with E-state index >= 15 is 0 Å². The van der Waals surface area contributed by atoms with Crippen molar-refractivity contribution in [2.45, 2.75) is 57.9 Å². The summed E-state index contributed by atoms with van der Waals surface area (Å²) < 4.78 is 2.08. The Morgan fingerprint density at radius 2 is 1.88 bits per heavy atom. The number of rotatable bonds is 13. The number of fused-ring (bicyclic) bond motifs is 3. The number of amides is 2. The number of aryl methyl sites for hydroxylation is 3. The summed E-state index contributed by atoms with van der Waals surface area (Å²) in [5.41, 5.74) is 7.65. The van der Waals surface area contributed by atoms with Crippen LogP contribution in [0.1, 0.15) is 90.6 Å². The molecule has 0 unspecified atom stereocenters. The predicted octanol–water partition coefficient (Wildman–Crippen LogP) is 9.42. The summed E-state index contributed by atoms with van der Waals surface area (Å²) in [5, 5.41) is 19.5. The van der Waals surface area contributed by atoms with Gasteiger partial charge in [-0.1, -0.05) is 72.6 Å². The van der Waals surface area contributed by atoms with Gasteiger partial charge in [-0.3, -0.25) is 19.1 Å². The summed E-state index contributed by atoms with van der Waals surface area (Å²) in [6.07, 6.45) is 10.9. The molecule has 9 nitrogen and oxygen atoms in total. The molecule has 3 aromatic carbocycles. The summed E-state index contributed by atoms with van der Waals surface area (Å²) in [4.78, 5) is 37.7. The van der Waals surface area contributed by atoms with Gasteiger partial charge in [0.2, 0.25) is 5.91 Å². The highest BCUT2D eigenvalue weighted by atomic mass is 35.5. The van der Waals surface area contributed by atoms with Gasteiger partial charge in [-0.15, -0.1) is 39.4 Å². The van der Waals surface area contributed by atoms with Crippen molar-refractivity contribution < 1.29 is 9.59 Å². The van der Waals surface area contributed by atoms with Crippen LogP contribution in [0.4, 0.5) is 5.69 Å². The highest BCUT2D eigenvalue weighted by Crippen LogP contribution is 2.37. The van der Waals surface area contributed by atoms with Crippen LogP contribution in [0.25, 0.3) is 17.2 Å². The number of hydrogen-bond donors (Lipinski definition) is 2. The standard InChI is InChI=1S/C44H40ClN7O2S2/c1-3-20-46-43(54)35-22-29(15-18-33-24-36-42(34-12-4-5-13-37(34)45)47-25-39-51-50-27(2)52(39)44(36)56-33)14-17-31(35)23-40(53)48-32-11-6-8-28(21-32)16-19-41-49-38(26-55-41)30-9-7-10-30/h3-6,8,11-14,16-17,19,21-22,24,26,30H,1,7,9-10,15,18,20,23,25H2,2H3,(H,46,54)(H,48,53). The number of thiazole rings is 1. The zero-order valence-electron chi connectivity index (χ0n) is 30.9. The summed E-state index contributed by atoms with van der Waals surface area (Å²) >= 11 is 10.0. The van der Waals surface area contributed by atoms with Gasteiger partial charge in [-0.25, -0.2) is 4.98 Å². The quantitative estimate of drug-likeness (QED) is 0.113. The molecule has 1 aliphatic carbocycles. The number of anilines is 1. The van der Waals surface area contributed by atoms with Gasteiger partial charge < -0.3 is 10.6 Å². The maximum Gasteiger partial charge on any atom is 0.251 e. The first-order valence-electron chi connectivity index (χ1n) is 18.7. The summed E-state index contributed by atoms with van der Waals surface area (Å²) in [7, 11) is 0. The topological polar surface area (TPSA) is 114 Å². The molecule has 2 aliphatic rings. The highest BCUT2D eigenvalue weighted by molar-refractivity contribution is 7.15. The van der Waals surface area contributed by atoms with Gasteiger partial charge in [0.1, 0.15) is 22.4 Å². The maximum absolute atomic E-state index is 13.4. The molecular weight excluding hydrogens is 758 g/mol. The van der Waals surface area contributed by atoms with Crippen LogP contribution in [-0.4, -0.2) is 43.8 Å². The van der Waals surface area contributed by atoms with Crippen LogP contribution < -0.4 is 10.6 Å². The summed E-state index contributed by atoms with van der Waals surface area (Å²) in [6.45, 7) is 6.41. The Hall–Kier alpha value is -5.49. The predicted molar refractivity (Wildman–Crippen MR) is 228 cm³/mol. The molecule has 0 saturated heterocycles. The minimum Gasteiger partial charge on any atom is -0.349 e. The third-order valence-electron chi connectivity index (χ3n) is 10.1. The van der Waals surface area contributed by atoms with E-state index in [9.17, 15) is 9.59 Å². The molecule has 6 aromatic rings. The summed E-state index contributed by atoms with van der Waals surface area (Å²) in [5.74, 6) is 1.74. The Labute approximate surface area is 338 Å². The van der Waals surface area contributed by atoms with Crippen molar-refractivity contribution in [3.05, 3.63) is 156 Å². The number of nitrogens with one attached hydrogen (secondary N) is 2. The second kappa shape index (κ2) is 16.7. The number of hydrogen-bond acceptors (Lipinski definition) is 8. The van der Waals surface area contributed by atoms with E-state index in [1.165, 1.54) is 25.0 Å². The Kier molecular flexibility index (Phi) is 11.2. The van der Waals surface area contributed by atoms with E-state index in [-0.39, 0.29) is 18.2 Å². The first-order valence-corrected chi connectivity index (χ1v) is 20.8. The van der Waals surface area contributed by atoms with Crippen molar-refractivity contribution in [1.82, 2.24) is 25.1 Å². The SMILES string of the molecule is C=CCNC(=O)c1cc(CCc2cc3c(s2)-n2c(C)nnc2CN=C3c2ccccc2Cl)ccc1CC(=O)Nc1cccc(C=Cc2nc(C3CCC3)cs2)c1. The molecular formula is C44H40ClN7O2S2. The zero-order chi connectivity index (χ0) is 38.6. The van der Waals surface area contributed by atoms with Gasteiger partial charge in [0.05, 0.1) is 17.8 Å². The molecule has 0 bridgehead atoms. The van der Waals surface area contributed by atoms with Crippen molar-refractivity contribution in [1.29, 1.82) is 0 Å². The molecule has 1 saturated carbocycles. The molecule has 12 heteroatoms. The molecule has 56 heavy (non-hydrogen) atoms. The number of aliphatic imine (C=N–C) groups is 1. The average Bonchev–Trinajstić information content (AvgIpc) is 3.89. The lowest BCUT2D eigenvalue weighted by Crippen LogP contribution is -2.26. The Bertz CT molecular complexity index is 2510. The van der Waals surface area contributed by atoms with Gasteiger partial charge in [0, 0.05) is 50.1 Å². The molecule has 3 aromatic heterocycles. The molecule has 0 atom stereocenters. The Morgan fingerprint density at radius 3 is 2.70 bits per heavy atom. The number of thiophene rings is 1. The Morgan fingerprint density at radius 1 is 1.00 bits per heavy atom. The van der Waals surface area contributed by atoms with Crippen LogP contribution >= 0.6 is 34.3 Å². The maximum atomic E-state index is 13.4. The number of halogens is 1.